The van der Waals surface area contributed by atoms with Crippen molar-refractivity contribution in [2.24, 2.45) is 5.92 Å². The molecule has 32 heavy (non-hydrogen) atoms. The maximum atomic E-state index is 12.6. The SMILES string of the molecule is CC[C@@H](NC(=O)OCC1c2ccccc2-c2ccccc21)C(=O)NC(C(=O)O)C1CCC1. The molecule has 168 valence electrons. The number of nitrogens with one attached hydrogen (secondary N) is 2. The zero-order valence-corrected chi connectivity index (χ0v) is 18.0. The van der Waals surface area contributed by atoms with Gasteiger partial charge in [0.15, 0.2) is 0 Å². The van der Waals surface area contributed by atoms with Crippen LogP contribution >= 0.6 is 0 Å². The molecule has 2 aromatic rings. The van der Waals surface area contributed by atoms with E-state index in [1.54, 1.807) is 6.92 Å². The number of ether oxygens (including phenoxy) is 1. The van der Waals surface area contributed by atoms with Crippen molar-refractivity contribution in [2.45, 2.75) is 50.6 Å². The Balaban J connectivity index is 1.37. The monoisotopic (exact) mass is 436 g/mol. The fraction of sp³-hybridized carbons (Fsp3) is 0.400. The van der Waals surface area contributed by atoms with Gasteiger partial charge in [0.05, 0.1) is 0 Å². The van der Waals surface area contributed by atoms with E-state index in [-0.39, 0.29) is 18.4 Å². The lowest BCUT2D eigenvalue weighted by Gasteiger charge is -2.32. The molecule has 2 amide bonds. The number of rotatable bonds is 8. The molecule has 1 fully saturated rings. The first-order valence-electron chi connectivity index (χ1n) is 11.1. The summed E-state index contributed by atoms with van der Waals surface area (Å²) < 4.78 is 5.51. The van der Waals surface area contributed by atoms with Crippen LogP contribution in [0.2, 0.25) is 0 Å². The Hall–Kier alpha value is -3.35. The molecular formula is C25H28N2O5. The van der Waals surface area contributed by atoms with Crippen LogP contribution in [0.15, 0.2) is 48.5 Å². The third-order valence-corrected chi connectivity index (χ3v) is 6.55. The minimum Gasteiger partial charge on any atom is -0.480 e. The molecule has 2 aromatic carbocycles. The van der Waals surface area contributed by atoms with Gasteiger partial charge in [0.25, 0.3) is 0 Å². The van der Waals surface area contributed by atoms with Gasteiger partial charge < -0.3 is 20.5 Å². The summed E-state index contributed by atoms with van der Waals surface area (Å²) in [5.41, 5.74) is 4.49. The highest BCUT2D eigenvalue weighted by molar-refractivity contribution is 5.89. The molecule has 1 saturated carbocycles. The molecule has 0 radical (unpaired) electrons. The zero-order chi connectivity index (χ0) is 22.7. The summed E-state index contributed by atoms with van der Waals surface area (Å²) in [5, 5.41) is 14.6. The van der Waals surface area contributed by atoms with Crippen molar-refractivity contribution in [1.29, 1.82) is 0 Å². The summed E-state index contributed by atoms with van der Waals surface area (Å²) in [6.07, 6.45) is 2.18. The van der Waals surface area contributed by atoms with Crippen molar-refractivity contribution < 1.29 is 24.2 Å². The highest BCUT2D eigenvalue weighted by atomic mass is 16.5. The molecule has 0 saturated heterocycles. The molecule has 0 bridgehead atoms. The molecule has 0 spiro atoms. The lowest BCUT2D eigenvalue weighted by Crippen LogP contribution is -2.54. The quantitative estimate of drug-likeness (QED) is 0.586. The Morgan fingerprint density at radius 1 is 1.00 bits per heavy atom. The van der Waals surface area contributed by atoms with Crippen molar-refractivity contribution in [1.82, 2.24) is 10.6 Å². The minimum atomic E-state index is -1.04. The standard InChI is InChI=1S/C25H28N2O5/c1-2-21(23(28)27-22(24(29)30)15-8-7-9-15)26-25(31)32-14-20-18-12-5-3-10-16(18)17-11-4-6-13-19(17)20/h3-6,10-13,15,20-22H,2,7-9,14H2,1H3,(H,26,31)(H,27,28)(H,29,30)/t21-,22?/m1/s1. The fourth-order valence-corrected chi connectivity index (χ4v) is 4.54. The summed E-state index contributed by atoms with van der Waals surface area (Å²) in [6, 6.07) is 14.3. The van der Waals surface area contributed by atoms with E-state index >= 15 is 0 Å². The highest BCUT2D eigenvalue weighted by Crippen LogP contribution is 2.44. The van der Waals surface area contributed by atoms with Gasteiger partial charge in [-0.1, -0.05) is 61.9 Å². The van der Waals surface area contributed by atoms with Crippen LogP contribution in [0.4, 0.5) is 4.79 Å². The lowest BCUT2D eigenvalue weighted by atomic mass is 9.79. The Bertz CT molecular complexity index is 971. The summed E-state index contributed by atoms with van der Waals surface area (Å²) in [5.74, 6) is -1.67. The van der Waals surface area contributed by atoms with Gasteiger partial charge in [0.2, 0.25) is 5.91 Å². The predicted octanol–water partition coefficient (Wildman–Crippen LogP) is 3.67. The van der Waals surface area contributed by atoms with E-state index in [9.17, 15) is 19.5 Å². The topological polar surface area (TPSA) is 105 Å². The maximum Gasteiger partial charge on any atom is 0.407 e. The minimum absolute atomic E-state index is 0.0524. The summed E-state index contributed by atoms with van der Waals surface area (Å²) in [7, 11) is 0. The first kappa shape index (κ1) is 21.9. The molecule has 0 heterocycles. The van der Waals surface area contributed by atoms with Crippen LogP contribution in [-0.4, -0.2) is 41.8 Å². The Morgan fingerprint density at radius 3 is 2.09 bits per heavy atom. The average molecular weight is 437 g/mol. The van der Waals surface area contributed by atoms with Crippen molar-refractivity contribution in [3.8, 4) is 11.1 Å². The Morgan fingerprint density at radius 2 is 1.59 bits per heavy atom. The molecule has 7 nitrogen and oxygen atoms in total. The second kappa shape index (κ2) is 9.42. The summed E-state index contributed by atoms with van der Waals surface area (Å²) in [6.45, 7) is 1.91. The third-order valence-electron chi connectivity index (χ3n) is 6.55. The molecule has 4 rings (SSSR count). The van der Waals surface area contributed by atoms with Gasteiger partial charge in [-0.15, -0.1) is 0 Å². The van der Waals surface area contributed by atoms with Gasteiger partial charge in [-0.25, -0.2) is 9.59 Å². The van der Waals surface area contributed by atoms with Crippen molar-refractivity contribution in [2.75, 3.05) is 6.61 Å². The van der Waals surface area contributed by atoms with Crippen LogP contribution in [-0.2, 0) is 14.3 Å². The van der Waals surface area contributed by atoms with Crippen LogP contribution in [0.5, 0.6) is 0 Å². The molecule has 0 aromatic heterocycles. The van der Waals surface area contributed by atoms with E-state index in [2.05, 4.69) is 22.8 Å². The van der Waals surface area contributed by atoms with Crippen LogP contribution < -0.4 is 10.6 Å². The predicted molar refractivity (Wildman–Crippen MR) is 119 cm³/mol. The van der Waals surface area contributed by atoms with Crippen LogP contribution in [0.1, 0.15) is 49.7 Å². The molecule has 7 heteroatoms. The third kappa shape index (κ3) is 4.33. The smallest absolute Gasteiger partial charge is 0.407 e. The van der Waals surface area contributed by atoms with Gasteiger partial charge in [-0.05, 0) is 47.4 Å². The molecule has 1 unspecified atom stereocenters. The van der Waals surface area contributed by atoms with E-state index in [0.29, 0.717) is 6.42 Å². The second-order valence-corrected chi connectivity index (χ2v) is 8.45. The van der Waals surface area contributed by atoms with Gasteiger partial charge in [0.1, 0.15) is 18.7 Å². The van der Waals surface area contributed by atoms with E-state index in [4.69, 9.17) is 4.74 Å². The van der Waals surface area contributed by atoms with Crippen LogP contribution in [0, 0.1) is 5.92 Å². The Labute approximate surface area is 187 Å². The van der Waals surface area contributed by atoms with E-state index in [0.717, 1.165) is 41.5 Å². The molecule has 0 aliphatic heterocycles. The van der Waals surface area contributed by atoms with E-state index in [1.807, 2.05) is 36.4 Å². The van der Waals surface area contributed by atoms with Gasteiger partial charge in [0, 0.05) is 5.92 Å². The molecule has 2 aliphatic rings. The lowest BCUT2D eigenvalue weighted by molar-refractivity contribution is -0.144. The number of hydrogen-bond donors (Lipinski definition) is 3. The van der Waals surface area contributed by atoms with Crippen molar-refractivity contribution >= 4 is 18.0 Å². The normalized spacial score (nSPS) is 16.8. The number of amides is 2. The first-order chi connectivity index (χ1) is 15.5. The average Bonchev–Trinajstić information content (AvgIpc) is 3.08. The number of aliphatic carboxylic acids is 1. The van der Waals surface area contributed by atoms with E-state index in [1.165, 1.54) is 0 Å². The van der Waals surface area contributed by atoms with E-state index < -0.39 is 30.1 Å². The number of fused-ring (bicyclic) bond motifs is 3. The number of carbonyl (C=O) groups excluding carboxylic acids is 2. The second-order valence-electron chi connectivity index (χ2n) is 8.45. The van der Waals surface area contributed by atoms with Gasteiger partial charge in [-0.2, -0.15) is 0 Å². The van der Waals surface area contributed by atoms with Crippen molar-refractivity contribution in [3.05, 3.63) is 59.7 Å². The summed E-state index contributed by atoms with van der Waals surface area (Å²) in [4.78, 5) is 36.6. The maximum absolute atomic E-state index is 12.6. The molecular weight excluding hydrogens is 408 g/mol. The number of carboxylic acid groups (broad SMARTS) is 1. The molecule has 2 aliphatic carbocycles. The number of carboxylic acids is 1. The number of alkyl carbamates (subject to hydrolysis) is 1. The highest BCUT2D eigenvalue weighted by Gasteiger charge is 2.35. The largest absolute Gasteiger partial charge is 0.480 e. The first-order valence-corrected chi connectivity index (χ1v) is 11.1. The van der Waals surface area contributed by atoms with Gasteiger partial charge >= 0.3 is 12.1 Å². The number of hydrogen-bond acceptors (Lipinski definition) is 4. The zero-order valence-electron chi connectivity index (χ0n) is 18.0. The Kier molecular flexibility index (Phi) is 6.44. The van der Waals surface area contributed by atoms with Crippen molar-refractivity contribution in [3.63, 3.8) is 0 Å². The van der Waals surface area contributed by atoms with Crippen LogP contribution in [0.3, 0.4) is 0 Å². The molecule has 2 atom stereocenters. The van der Waals surface area contributed by atoms with Crippen LogP contribution in [0.25, 0.3) is 11.1 Å². The molecule has 3 N–H and O–H groups in total. The van der Waals surface area contributed by atoms with Gasteiger partial charge in [-0.3, -0.25) is 4.79 Å². The summed E-state index contributed by atoms with van der Waals surface area (Å²) >= 11 is 0. The number of benzene rings is 2. The number of carbonyl (C=O) groups is 3. The fourth-order valence-electron chi connectivity index (χ4n) is 4.54.